The van der Waals surface area contributed by atoms with E-state index in [9.17, 15) is 4.79 Å². The number of carbonyl (C=O) groups excluding carboxylic acids is 1. The maximum atomic E-state index is 13.8. The van der Waals surface area contributed by atoms with Crippen molar-refractivity contribution in [1.29, 1.82) is 0 Å². The van der Waals surface area contributed by atoms with Crippen LogP contribution in [0.5, 0.6) is 5.75 Å². The Hall–Kier alpha value is -2.37. The average Bonchev–Trinajstić information content (AvgIpc) is 3.18. The number of amides is 1. The highest BCUT2D eigenvalue weighted by atomic mass is 16.5. The highest BCUT2D eigenvalue weighted by molar-refractivity contribution is 5.83. The number of rotatable bonds is 6. The van der Waals surface area contributed by atoms with E-state index in [-0.39, 0.29) is 22.9 Å². The van der Waals surface area contributed by atoms with Crippen molar-refractivity contribution >= 4 is 5.91 Å². The molecule has 1 N–H and O–H groups in total. The molecule has 2 aromatic rings. The SMILES string of the molecule is CC[C@@H](NC(=O)C12C[C@H]3C[C@@H](C1)CC(n1cnc(C)n1)(C3)C2)c1ccc(OC)cc1. The van der Waals surface area contributed by atoms with Crippen molar-refractivity contribution in [1.82, 2.24) is 20.1 Å². The summed E-state index contributed by atoms with van der Waals surface area (Å²) in [5.41, 5.74) is 0.826. The first-order valence-corrected chi connectivity index (χ1v) is 11.3. The second-order valence-electron chi connectivity index (χ2n) is 9.91. The number of benzene rings is 1. The highest BCUT2D eigenvalue weighted by Gasteiger charge is 2.61. The minimum atomic E-state index is -0.274. The topological polar surface area (TPSA) is 69.0 Å². The van der Waals surface area contributed by atoms with Gasteiger partial charge in [0.25, 0.3) is 0 Å². The molecule has 0 saturated heterocycles. The third-order valence-corrected chi connectivity index (χ3v) is 7.84. The zero-order valence-corrected chi connectivity index (χ0v) is 18.2. The number of hydrogen-bond donors (Lipinski definition) is 1. The smallest absolute Gasteiger partial charge is 0.226 e. The van der Waals surface area contributed by atoms with Gasteiger partial charge in [-0.2, -0.15) is 5.10 Å². The van der Waals surface area contributed by atoms with Gasteiger partial charge >= 0.3 is 0 Å². The number of methoxy groups -OCH3 is 1. The summed E-state index contributed by atoms with van der Waals surface area (Å²) >= 11 is 0. The summed E-state index contributed by atoms with van der Waals surface area (Å²) in [5.74, 6) is 3.12. The molecule has 160 valence electrons. The van der Waals surface area contributed by atoms with E-state index < -0.39 is 0 Å². The number of aryl methyl sites for hydroxylation is 1. The van der Waals surface area contributed by atoms with Crippen LogP contribution < -0.4 is 10.1 Å². The molecule has 0 spiro atoms. The molecule has 4 aliphatic carbocycles. The third-order valence-electron chi connectivity index (χ3n) is 7.84. The largest absolute Gasteiger partial charge is 0.497 e. The van der Waals surface area contributed by atoms with E-state index in [0.29, 0.717) is 11.8 Å². The summed E-state index contributed by atoms with van der Waals surface area (Å²) in [7, 11) is 1.67. The van der Waals surface area contributed by atoms with Crippen LogP contribution in [0.1, 0.15) is 69.3 Å². The summed E-state index contributed by atoms with van der Waals surface area (Å²) in [5, 5.41) is 8.12. The molecule has 6 rings (SSSR count). The lowest BCUT2D eigenvalue weighted by Crippen LogP contribution is -2.61. The van der Waals surface area contributed by atoms with Crippen LogP contribution in [0.25, 0.3) is 0 Å². The Morgan fingerprint density at radius 1 is 1.23 bits per heavy atom. The monoisotopic (exact) mass is 408 g/mol. The van der Waals surface area contributed by atoms with Gasteiger partial charge in [0.15, 0.2) is 0 Å². The van der Waals surface area contributed by atoms with Crippen LogP contribution in [0.3, 0.4) is 0 Å². The number of nitrogens with zero attached hydrogens (tertiary/aromatic N) is 3. The molecule has 1 aromatic carbocycles. The lowest BCUT2D eigenvalue weighted by Gasteiger charge is -2.61. The Morgan fingerprint density at radius 3 is 2.50 bits per heavy atom. The summed E-state index contributed by atoms with van der Waals surface area (Å²) in [6, 6.07) is 8.09. The van der Waals surface area contributed by atoms with Gasteiger partial charge in [-0.15, -0.1) is 0 Å². The molecule has 5 atom stereocenters. The molecular formula is C24H32N4O2. The van der Waals surface area contributed by atoms with Gasteiger partial charge in [0.2, 0.25) is 5.91 Å². The molecule has 1 aromatic heterocycles. The number of carbonyl (C=O) groups is 1. The van der Waals surface area contributed by atoms with E-state index in [0.717, 1.165) is 55.7 Å². The standard InChI is InChI=1S/C24H32N4O2/c1-4-21(19-5-7-20(30-3)8-6-19)26-22(29)23-10-17-9-18(11-23)13-24(12-17,14-23)28-15-25-16(2)27-28/h5-8,15,17-18,21H,4,9-14H2,1-3H3,(H,26,29)/t17-,18+,21-,23?,24?/m1/s1. The molecule has 4 bridgehead atoms. The van der Waals surface area contributed by atoms with Crippen LogP contribution in [-0.4, -0.2) is 27.8 Å². The van der Waals surface area contributed by atoms with Crippen LogP contribution in [0.4, 0.5) is 0 Å². The molecule has 0 aliphatic heterocycles. The Kier molecular flexibility index (Phi) is 4.64. The average molecular weight is 409 g/mol. The van der Waals surface area contributed by atoms with Crippen molar-refractivity contribution in [2.24, 2.45) is 17.3 Å². The van der Waals surface area contributed by atoms with Gasteiger partial charge < -0.3 is 10.1 Å². The fourth-order valence-corrected chi connectivity index (χ4v) is 6.89. The predicted octanol–water partition coefficient (Wildman–Crippen LogP) is 4.16. The second kappa shape index (κ2) is 7.10. The predicted molar refractivity (Wildman–Crippen MR) is 114 cm³/mol. The van der Waals surface area contributed by atoms with Gasteiger partial charge in [0, 0.05) is 0 Å². The molecule has 4 saturated carbocycles. The van der Waals surface area contributed by atoms with Crippen LogP contribution >= 0.6 is 0 Å². The zero-order valence-electron chi connectivity index (χ0n) is 18.2. The van der Waals surface area contributed by atoms with E-state index in [1.807, 2.05) is 25.4 Å². The second-order valence-corrected chi connectivity index (χ2v) is 9.91. The minimum absolute atomic E-state index is 0.0287. The highest BCUT2D eigenvalue weighted by Crippen LogP contribution is 2.64. The normalized spacial score (nSPS) is 32.8. The molecule has 4 fully saturated rings. The minimum Gasteiger partial charge on any atom is -0.497 e. The number of hydrogen-bond acceptors (Lipinski definition) is 4. The van der Waals surface area contributed by atoms with Gasteiger partial charge in [-0.1, -0.05) is 19.1 Å². The van der Waals surface area contributed by atoms with Gasteiger partial charge in [-0.3, -0.25) is 4.79 Å². The fourth-order valence-electron chi connectivity index (χ4n) is 6.89. The molecule has 6 nitrogen and oxygen atoms in total. The molecule has 4 aliphatic rings. The lowest BCUT2D eigenvalue weighted by molar-refractivity contribution is -0.156. The molecule has 30 heavy (non-hydrogen) atoms. The zero-order chi connectivity index (χ0) is 20.9. The van der Waals surface area contributed by atoms with E-state index in [1.165, 1.54) is 6.42 Å². The summed E-state index contributed by atoms with van der Waals surface area (Å²) in [6.07, 6.45) is 9.22. The van der Waals surface area contributed by atoms with Crippen molar-refractivity contribution < 1.29 is 9.53 Å². The lowest BCUT2D eigenvalue weighted by atomic mass is 9.46. The first-order valence-electron chi connectivity index (χ1n) is 11.3. The van der Waals surface area contributed by atoms with Crippen LogP contribution in [0.2, 0.25) is 0 Å². The molecule has 1 amide bonds. The summed E-state index contributed by atoms with van der Waals surface area (Å²) < 4.78 is 7.38. The first-order chi connectivity index (χ1) is 14.4. The van der Waals surface area contributed by atoms with Crippen molar-refractivity contribution in [2.75, 3.05) is 7.11 Å². The Bertz CT molecular complexity index is 921. The third kappa shape index (κ3) is 3.12. The van der Waals surface area contributed by atoms with Crippen molar-refractivity contribution in [2.45, 2.75) is 70.4 Å². The summed E-state index contributed by atoms with van der Waals surface area (Å²) in [6.45, 7) is 4.08. The molecular weight excluding hydrogens is 376 g/mol. The maximum Gasteiger partial charge on any atom is 0.226 e. The van der Waals surface area contributed by atoms with Crippen molar-refractivity contribution in [3.8, 4) is 5.75 Å². The van der Waals surface area contributed by atoms with E-state index in [1.54, 1.807) is 7.11 Å². The van der Waals surface area contributed by atoms with Crippen molar-refractivity contribution in [3.63, 3.8) is 0 Å². The number of aromatic nitrogens is 3. The van der Waals surface area contributed by atoms with Gasteiger partial charge in [-0.25, -0.2) is 9.67 Å². The van der Waals surface area contributed by atoms with Crippen LogP contribution in [-0.2, 0) is 10.3 Å². The van der Waals surface area contributed by atoms with E-state index >= 15 is 0 Å². The van der Waals surface area contributed by atoms with Crippen LogP contribution in [0.15, 0.2) is 30.6 Å². The van der Waals surface area contributed by atoms with Gasteiger partial charge in [0.05, 0.1) is 24.1 Å². The van der Waals surface area contributed by atoms with E-state index in [4.69, 9.17) is 9.84 Å². The molecule has 6 heteroatoms. The Balaban J connectivity index is 1.40. The molecule has 0 radical (unpaired) electrons. The Labute approximate surface area is 178 Å². The molecule has 1 heterocycles. The van der Waals surface area contributed by atoms with Gasteiger partial charge in [-0.05, 0) is 81.4 Å². The number of nitrogens with one attached hydrogen (secondary N) is 1. The van der Waals surface area contributed by atoms with Crippen molar-refractivity contribution in [3.05, 3.63) is 42.0 Å². The Morgan fingerprint density at radius 2 is 1.93 bits per heavy atom. The first kappa shape index (κ1) is 19.6. The number of ether oxygens (including phenoxy) is 1. The maximum absolute atomic E-state index is 13.8. The summed E-state index contributed by atoms with van der Waals surface area (Å²) in [4.78, 5) is 18.2. The van der Waals surface area contributed by atoms with Crippen LogP contribution in [0, 0.1) is 24.2 Å². The molecule has 2 unspecified atom stereocenters. The van der Waals surface area contributed by atoms with Gasteiger partial charge in [0.1, 0.15) is 17.9 Å². The van der Waals surface area contributed by atoms with E-state index in [2.05, 4.69) is 34.0 Å². The quantitative estimate of drug-likeness (QED) is 0.779. The fraction of sp³-hybridized carbons (Fsp3) is 0.625.